The van der Waals surface area contributed by atoms with E-state index >= 15 is 0 Å². The highest BCUT2D eigenvalue weighted by Crippen LogP contribution is 2.23. The molecule has 0 saturated heterocycles. The van der Waals surface area contributed by atoms with E-state index in [1.165, 1.54) is 6.26 Å². The number of hydrogen-bond donors (Lipinski definition) is 0. The molecule has 1 heterocycles. The molecule has 1 aromatic rings. The van der Waals surface area contributed by atoms with Crippen LogP contribution in [0.15, 0.2) is 22.8 Å². The first kappa shape index (κ1) is 7.52. The molecule has 0 N–H and O–H groups in total. The van der Waals surface area contributed by atoms with Crippen LogP contribution in [0.3, 0.4) is 0 Å². The highest BCUT2D eigenvalue weighted by atomic mass is 127. The van der Waals surface area contributed by atoms with Crippen molar-refractivity contribution in [3.8, 4) is 0 Å². The molecule has 1 atom stereocenters. The lowest BCUT2D eigenvalue weighted by Crippen LogP contribution is -2.00. The Bertz CT molecular complexity index is 221. The van der Waals surface area contributed by atoms with Crippen molar-refractivity contribution in [3.05, 3.63) is 34.3 Å². The van der Waals surface area contributed by atoms with Gasteiger partial charge in [0.15, 0.2) is 5.76 Å². The van der Waals surface area contributed by atoms with Gasteiger partial charge in [-0.3, -0.25) is 10.1 Å². The fourth-order valence-electron chi connectivity index (χ4n) is 0.531. The van der Waals surface area contributed by atoms with Gasteiger partial charge in [0.1, 0.15) is 0 Å². The van der Waals surface area contributed by atoms with E-state index in [0.717, 1.165) is 0 Å². The predicted octanol–water partition coefficient (Wildman–Crippen LogP) is 1.99. The molecule has 0 amide bonds. The lowest BCUT2D eigenvalue weighted by atomic mass is 10.5. The molecular weight excluding hydrogens is 249 g/mol. The van der Waals surface area contributed by atoms with Crippen molar-refractivity contribution < 1.29 is 9.34 Å². The zero-order valence-corrected chi connectivity index (χ0v) is 7.02. The van der Waals surface area contributed by atoms with E-state index in [1.807, 2.05) is 0 Å². The van der Waals surface area contributed by atoms with Crippen molar-refractivity contribution in [2.45, 2.75) is 4.05 Å². The number of nitro groups is 1. The smallest absolute Gasteiger partial charge is 0.317 e. The second-order valence-corrected chi connectivity index (χ2v) is 2.82. The minimum atomic E-state index is -0.771. The molecule has 10 heavy (non-hydrogen) atoms. The molecular formula is C5H4INO3. The molecule has 0 fully saturated rings. The molecule has 0 radical (unpaired) electrons. The Morgan fingerprint density at radius 2 is 2.50 bits per heavy atom. The lowest BCUT2D eigenvalue weighted by Gasteiger charge is -1.94. The van der Waals surface area contributed by atoms with Gasteiger partial charge in [-0.05, 0) is 12.1 Å². The zero-order chi connectivity index (χ0) is 7.56. The van der Waals surface area contributed by atoms with E-state index in [2.05, 4.69) is 0 Å². The van der Waals surface area contributed by atoms with Gasteiger partial charge in [-0.15, -0.1) is 0 Å². The molecule has 0 spiro atoms. The van der Waals surface area contributed by atoms with Gasteiger partial charge >= 0.3 is 4.05 Å². The van der Waals surface area contributed by atoms with Crippen LogP contribution >= 0.6 is 22.6 Å². The van der Waals surface area contributed by atoms with Gasteiger partial charge in [0, 0.05) is 27.5 Å². The third kappa shape index (κ3) is 1.47. The van der Waals surface area contributed by atoms with Crippen molar-refractivity contribution in [3.63, 3.8) is 0 Å². The fraction of sp³-hybridized carbons (Fsp3) is 0.200. The first-order valence-electron chi connectivity index (χ1n) is 2.53. The predicted molar refractivity (Wildman–Crippen MR) is 42.5 cm³/mol. The SMILES string of the molecule is O=[N+]([O-])C(I)c1ccco1. The van der Waals surface area contributed by atoms with Gasteiger partial charge < -0.3 is 4.42 Å². The Labute approximate surface area is 70.5 Å². The van der Waals surface area contributed by atoms with Gasteiger partial charge in [-0.25, -0.2) is 0 Å². The Morgan fingerprint density at radius 1 is 1.80 bits per heavy atom. The van der Waals surface area contributed by atoms with Crippen LogP contribution in [0.5, 0.6) is 0 Å². The maximum absolute atomic E-state index is 10.1. The van der Waals surface area contributed by atoms with Crippen LogP contribution in [0.4, 0.5) is 0 Å². The van der Waals surface area contributed by atoms with Crippen molar-refractivity contribution in [1.82, 2.24) is 0 Å². The average molecular weight is 253 g/mol. The van der Waals surface area contributed by atoms with E-state index in [0.29, 0.717) is 5.76 Å². The third-order valence-corrected chi connectivity index (χ3v) is 2.03. The van der Waals surface area contributed by atoms with Gasteiger partial charge in [-0.2, -0.15) is 0 Å². The Balaban J connectivity index is 2.77. The maximum Gasteiger partial charge on any atom is 0.317 e. The monoisotopic (exact) mass is 253 g/mol. The molecule has 0 bridgehead atoms. The number of rotatable bonds is 2. The minimum Gasteiger partial charge on any atom is -0.461 e. The summed E-state index contributed by atoms with van der Waals surface area (Å²) in [5, 5.41) is 10.1. The van der Waals surface area contributed by atoms with Gasteiger partial charge in [0.2, 0.25) is 0 Å². The molecule has 0 aliphatic rings. The highest BCUT2D eigenvalue weighted by Gasteiger charge is 2.20. The molecule has 0 aromatic carbocycles. The van der Waals surface area contributed by atoms with E-state index < -0.39 is 8.97 Å². The van der Waals surface area contributed by atoms with Crippen LogP contribution < -0.4 is 0 Å². The second-order valence-electron chi connectivity index (χ2n) is 1.64. The Kier molecular flexibility index (Phi) is 2.25. The summed E-state index contributed by atoms with van der Waals surface area (Å²) in [5.41, 5.74) is 0. The maximum atomic E-state index is 10.1. The summed E-state index contributed by atoms with van der Waals surface area (Å²) in [6, 6.07) is 3.21. The van der Waals surface area contributed by atoms with Crippen molar-refractivity contribution in [2.24, 2.45) is 0 Å². The van der Waals surface area contributed by atoms with Crippen molar-refractivity contribution >= 4 is 22.6 Å². The topological polar surface area (TPSA) is 56.3 Å². The number of hydrogen-bond acceptors (Lipinski definition) is 3. The average Bonchev–Trinajstić information content (AvgIpc) is 2.36. The minimum absolute atomic E-state index is 0.380. The molecule has 4 nitrogen and oxygen atoms in total. The summed E-state index contributed by atoms with van der Waals surface area (Å²) >= 11 is 1.70. The van der Waals surface area contributed by atoms with Gasteiger partial charge in [0.25, 0.3) is 0 Å². The largest absolute Gasteiger partial charge is 0.461 e. The lowest BCUT2D eigenvalue weighted by molar-refractivity contribution is -0.496. The van der Waals surface area contributed by atoms with Crippen molar-refractivity contribution in [1.29, 1.82) is 0 Å². The van der Waals surface area contributed by atoms with Gasteiger partial charge in [-0.1, -0.05) is 0 Å². The quantitative estimate of drug-likeness (QED) is 0.266. The molecule has 1 unspecified atom stereocenters. The zero-order valence-electron chi connectivity index (χ0n) is 4.86. The molecule has 0 aliphatic heterocycles. The summed E-state index contributed by atoms with van der Waals surface area (Å²) in [7, 11) is 0. The number of halogens is 1. The van der Waals surface area contributed by atoms with Crippen LogP contribution in [-0.4, -0.2) is 4.92 Å². The summed E-state index contributed by atoms with van der Waals surface area (Å²) in [6.45, 7) is 0. The fourth-order valence-corrected chi connectivity index (χ4v) is 0.885. The first-order valence-corrected chi connectivity index (χ1v) is 3.77. The number of nitrogens with zero attached hydrogens (tertiary/aromatic N) is 1. The molecule has 0 saturated carbocycles. The van der Waals surface area contributed by atoms with Crippen LogP contribution in [0.25, 0.3) is 0 Å². The van der Waals surface area contributed by atoms with Crippen LogP contribution in [0, 0.1) is 10.1 Å². The number of alkyl halides is 1. The van der Waals surface area contributed by atoms with E-state index in [-0.39, 0.29) is 0 Å². The number of furan rings is 1. The standard InChI is InChI=1S/C5H4INO3/c6-5(7(8)9)4-2-1-3-10-4/h1-3,5H. The molecule has 54 valence electrons. The van der Waals surface area contributed by atoms with E-state index in [1.54, 1.807) is 34.7 Å². The Morgan fingerprint density at radius 3 is 2.90 bits per heavy atom. The van der Waals surface area contributed by atoms with Crippen LogP contribution in [0.1, 0.15) is 9.81 Å². The molecule has 1 rings (SSSR count). The third-order valence-electron chi connectivity index (χ3n) is 0.963. The molecule has 0 aliphatic carbocycles. The summed E-state index contributed by atoms with van der Waals surface area (Å²) in [6.07, 6.45) is 1.42. The van der Waals surface area contributed by atoms with Crippen LogP contribution in [-0.2, 0) is 0 Å². The summed E-state index contributed by atoms with van der Waals surface area (Å²) < 4.78 is 4.04. The Hall–Kier alpha value is -0.590. The second kappa shape index (κ2) is 3.00. The van der Waals surface area contributed by atoms with Crippen LogP contribution in [0.2, 0.25) is 0 Å². The van der Waals surface area contributed by atoms with E-state index in [4.69, 9.17) is 4.42 Å². The molecule has 1 aromatic heterocycles. The summed E-state index contributed by atoms with van der Waals surface area (Å²) in [4.78, 5) is 9.73. The summed E-state index contributed by atoms with van der Waals surface area (Å²) in [5.74, 6) is 0.380. The normalized spacial score (nSPS) is 12.9. The highest BCUT2D eigenvalue weighted by molar-refractivity contribution is 14.1. The first-order chi connectivity index (χ1) is 4.72. The van der Waals surface area contributed by atoms with E-state index in [9.17, 15) is 10.1 Å². The van der Waals surface area contributed by atoms with Gasteiger partial charge in [0.05, 0.1) is 6.26 Å². The molecule has 5 heteroatoms. The van der Waals surface area contributed by atoms with Crippen molar-refractivity contribution in [2.75, 3.05) is 0 Å².